The molecule has 0 unspecified atom stereocenters. The van der Waals surface area contributed by atoms with Crippen molar-refractivity contribution < 1.29 is 17.9 Å². The van der Waals surface area contributed by atoms with Gasteiger partial charge in [-0.05, 0) is 37.6 Å². The second kappa shape index (κ2) is 6.68. The average Bonchev–Trinajstić information content (AvgIpc) is 3.26. The summed E-state index contributed by atoms with van der Waals surface area (Å²) in [5.41, 5.74) is 1.86. The van der Waals surface area contributed by atoms with Crippen molar-refractivity contribution in [1.29, 1.82) is 0 Å². The maximum atomic E-state index is 13.1. The van der Waals surface area contributed by atoms with Crippen LogP contribution in [0.25, 0.3) is 0 Å². The summed E-state index contributed by atoms with van der Waals surface area (Å²) in [5.74, 6) is 0.781. The smallest absolute Gasteiger partial charge is 0.243 e. The van der Waals surface area contributed by atoms with Gasteiger partial charge in [0.2, 0.25) is 10.0 Å². The lowest BCUT2D eigenvalue weighted by molar-refractivity contribution is -0.00260. The SMILES string of the molecule is CCn1cc([C@H]2CN(S(=O)(=O)c3ccc4c(c3)C[C@H](C)O4)CCO2)cn1. The van der Waals surface area contributed by atoms with Crippen LogP contribution in [-0.4, -0.2) is 48.3 Å². The molecule has 1 fully saturated rings. The summed E-state index contributed by atoms with van der Waals surface area (Å²) < 4.78 is 41.0. The Bertz CT molecular complexity index is 909. The van der Waals surface area contributed by atoms with Crippen LogP contribution in [0.2, 0.25) is 0 Å². The minimum absolute atomic E-state index is 0.0887. The summed E-state index contributed by atoms with van der Waals surface area (Å²) in [5, 5.41) is 4.26. The van der Waals surface area contributed by atoms with E-state index < -0.39 is 10.0 Å². The summed E-state index contributed by atoms with van der Waals surface area (Å²) in [6.45, 7) is 5.77. The van der Waals surface area contributed by atoms with E-state index in [1.165, 1.54) is 4.31 Å². The minimum atomic E-state index is -3.57. The molecule has 1 saturated heterocycles. The van der Waals surface area contributed by atoms with E-state index in [4.69, 9.17) is 9.47 Å². The molecule has 1 aromatic carbocycles. The van der Waals surface area contributed by atoms with Crippen LogP contribution < -0.4 is 4.74 Å². The summed E-state index contributed by atoms with van der Waals surface area (Å²) in [6.07, 6.45) is 4.19. The quantitative estimate of drug-likeness (QED) is 0.815. The number of nitrogens with zero attached hydrogens (tertiary/aromatic N) is 3. The molecule has 1 aromatic heterocycles. The van der Waals surface area contributed by atoms with Crippen molar-refractivity contribution >= 4 is 10.0 Å². The number of aromatic nitrogens is 2. The Balaban J connectivity index is 1.57. The fraction of sp³-hybridized carbons (Fsp3) is 0.500. The van der Waals surface area contributed by atoms with E-state index in [0.717, 1.165) is 29.8 Å². The van der Waals surface area contributed by atoms with Crippen molar-refractivity contribution in [2.45, 2.75) is 43.9 Å². The number of morpholine rings is 1. The first-order chi connectivity index (χ1) is 12.5. The molecule has 0 amide bonds. The third-order valence-electron chi connectivity index (χ3n) is 4.88. The fourth-order valence-electron chi connectivity index (χ4n) is 3.47. The largest absolute Gasteiger partial charge is 0.490 e. The van der Waals surface area contributed by atoms with Gasteiger partial charge in [-0.1, -0.05) is 0 Å². The Morgan fingerprint density at radius 2 is 2.19 bits per heavy atom. The highest BCUT2D eigenvalue weighted by Gasteiger charge is 2.33. The maximum absolute atomic E-state index is 13.1. The number of hydrogen-bond donors (Lipinski definition) is 0. The lowest BCUT2D eigenvalue weighted by Gasteiger charge is -2.31. The second-order valence-electron chi connectivity index (χ2n) is 6.75. The second-order valence-corrected chi connectivity index (χ2v) is 8.69. The van der Waals surface area contributed by atoms with Crippen molar-refractivity contribution in [3.8, 4) is 5.75 Å². The minimum Gasteiger partial charge on any atom is -0.490 e. The number of hydrogen-bond acceptors (Lipinski definition) is 5. The van der Waals surface area contributed by atoms with Crippen LogP contribution in [0.15, 0.2) is 35.5 Å². The number of ether oxygens (including phenoxy) is 2. The first kappa shape index (κ1) is 17.5. The highest BCUT2D eigenvalue weighted by molar-refractivity contribution is 7.89. The summed E-state index contributed by atoms with van der Waals surface area (Å²) in [7, 11) is -3.57. The zero-order valence-corrected chi connectivity index (χ0v) is 15.8. The third-order valence-corrected chi connectivity index (χ3v) is 6.74. The van der Waals surface area contributed by atoms with Gasteiger partial charge >= 0.3 is 0 Å². The lowest BCUT2D eigenvalue weighted by atomic mass is 10.1. The molecule has 0 radical (unpaired) electrons. The van der Waals surface area contributed by atoms with E-state index in [1.54, 1.807) is 24.4 Å². The van der Waals surface area contributed by atoms with Gasteiger partial charge in [-0.3, -0.25) is 4.68 Å². The molecular weight excluding hydrogens is 354 g/mol. The van der Waals surface area contributed by atoms with Crippen LogP contribution in [0.3, 0.4) is 0 Å². The number of sulfonamides is 1. The average molecular weight is 377 g/mol. The van der Waals surface area contributed by atoms with Gasteiger partial charge in [-0.15, -0.1) is 0 Å². The van der Waals surface area contributed by atoms with E-state index in [1.807, 2.05) is 24.7 Å². The summed E-state index contributed by atoms with van der Waals surface area (Å²) in [6, 6.07) is 5.13. The molecule has 0 spiro atoms. The Hall–Kier alpha value is -1.90. The molecule has 3 heterocycles. The molecule has 2 aliphatic heterocycles. The third kappa shape index (κ3) is 3.13. The molecule has 8 heteroatoms. The van der Waals surface area contributed by atoms with E-state index in [-0.39, 0.29) is 12.2 Å². The molecule has 0 saturated carbocycles. The van der Waals surface area contributed by atoms with Gasteiger partial charge in [0.15, 0.2) is 0 Å². The molecule has 0 bridgehead atoms. The molecule has 140 valence electrons. The van der Waals surface area contributed by atoms with Crippen LogP contribution in [0, 0.1) is 0 Å². The first-order valence-electron chi connectivity index (χ1n) is 8.91. The van der Waals surface area contributed by atoms with Crippen LogP contribution in [0.1, 0.15) is 31.1 Å². The molecular formula is C18H23N3O4S. The van der Waals surface area contributed by atoms with Crippen LogP contribution in [0.4, 0.5) is 0 Å². The van der Waals surface area contributed by atoms with Gasteiger partial charge in [0.1, 0.15) is 11.9 Å². The monoisotopic (exact) mass is 377 g/mol. The van der Waals surface area contributed by atoms with Gasteiger partial charge in [-0.25, -0.2) is 8.42 Å². The zero-order chi connectivity index (χ0) is 18.3. The lowest BCUT2D eigenvalue weighted by Crippen LogP contribution is -2.42. The summed E-state index contributed by atoms with van der Waals surface area (Å²) in [4.78, 5) is 0.318. The van der Waals surface area contributed by atoms with Gasteiger partial charge in [0, 0.05) is 37.8 Å². The van der Waals surface area contributed by atoms with E-state index in [0.29, 0.717) is 24.6 Å². The Morgan fingerprint density at radius 3 is 2.96 bits per heavy atom. The molecule has 4 rings (SSSR count). The van der Waals surface area contributed by atoms with Gasteiger partial charge in [0.25, 0.3) is 0 Å². The Labute approximate surface area is 153 Å². The van der Waals surface area contributed by atoms with Crippen molar-refractivity contribution in [3.05, 3.63) is 41.7 Å². The van der Waals surface area contributed by atoms with E-state index >= 15 is 0 Å². The fourth-order valence-corrected chi connectivity index (χ4v) is 4.95. The van der Waals surface area contributed by atoms with Gasteiger partial charge in [-0.2, -0.15) is 9.40 Å². The van der Waals surface area contributed by atoms with Crippen molar-refractivity contribution in [1.82, 2.24) is 14.1 Å². The van der Waals surface area contributed by atoms with Crippen LogP contribution in [0.5, 0.6) is 5.75 Å². The first-order valence-corrected chi connectivity index (χ1v) is 10.3. The maximum Gasteiger partial charge on any atom is 0.243 e. The highest BCUT2D eigenvalue weighted by Crippen LogP contribution is 2.33. The van der Waals surface area contributed by atoms with Gasteiger partial charge < -0.3 is 9.47 Å². The number of rotatable bonds is 4. The molecule has 7 nitrogen and oxygen atoms in total. The van der Waals surface area contributed by atoms with E-state index in [9.17, 15) is 8.42 Å². The molecule has 0 N–H and O–H groups in total. The summed E-state index contributed by atoms with van der Waals surface area (Å²) >= 11 is 0. The Kier molecular flexibility index (Phi) is 4.50. The van der Waals surface area contributed by atoms with Crippen LogP contribution >= 0.6 is 0 Å². The number of benzene rings is 1. The molecule has 2 aromatic rings. The highest BCUT2D eigenvalue weighted by atomic mass is 32.2. The standard InChI is InChI=1S/C18H23N3O4S/c1-3-20-11-15(10-19-20)18-12-21(6-7-24-18)26(22,23)16-4-5-17-14(9-16)8-13(2)25-17/h4-5,9-11,13,18H,3,6-8,12H2,1-2H3/t13-,18+/m0/s1. The molecule has 2 aliphatic rings. The number of fused-ring (bicyclic) bond motifs is 1. The molecule has 26 heavy (non-hydrogen) atoms. The molecule has 2 atom stereocenters. The number of aryl methyl sites for hydroxylation is 1. The van der Waals surface area contributed by atoms with Crippen molar-refractivity contribution in [3.63, 3.8) is 0 Å². The van der Waals surface area contributed by atoms with Crippen LogP contribution in [-0.2, 0) is 27.7 Å². The van der Waals surface area contributed by atoms with Gasteiger partial charge in [0.05, 0.1) is 23.8 Å². The van der Waals surface area contributed by atoms with Crippen molar-refractivity contribution in [2.24, 2.45) is 0 Å². The normalized spacial score (nSPS) is 23.6. The predicted molar refractivity (Wildman–Crippen MR) is 95.6 cm³/mol. The predicted octanol–water partition coefficient (Wildman–Crippen LogP) is 1.99. The topological polar surface area (TPSA) is 73.7 Å². The molecule has 0 aliphatic carbocycles. The van der Waals surface area contributed by atoms with Crippen molar-refractivity contribution in [2.75, 3.05) is 19.7 Å². The Morgan fingerprint density at radius 1 is 1.35 bits per heavy atom. The zero-order valence-electron chi connectivity index (χ0n) is 15.0. The van der Waals surface area contributed by atoms with E-state index in [2.05, 4.69) is 5.10 Å².